The summed E-state index contributed by atoms with van der Waals surface area (Å²) in [7, 11) is 0. The predicted octanol–water partition coefficient (Wildman–Crippen LogP) is 6.46. The van der Waals surface area contributed by atoms with Crippen molar-refractivity contribution in [3.8, 4) is 0 Å². The van der Waals surface area contributed by atoms with Gasteiger partial charge in [-0.15, -0.1) is 0 Å². The Hall–Kier alpha value is -0.820. The van der Waals surface area contributed by atoms with Gasteiger partial charge in [0.05, 0.1) is 0 Å². The first-order valence-corrected chi connectivity index (χ1v) is 9.74. The largest absolute Gasteiger partial charge is 0.324 e. The number of hydrogen-bond acceptors (Lipinski definition) is 1. The standard InChI is InChI=1S/C22H39N/c1-6-8-9-10-11-13-16-19(3)22(23,7-2)21(4,5)20-17-14-12-15-18-20/h12,14-15,17-19H,6-11,13,16,23H2,1-5H3. The van der Waals surface area contributed by atoms with Crippen LogP contribution in [0.1, 0.15) is 91.5 Å². The van der Waals surface area contributed by atoms with Crippen molar-refractivity contribution in [3.63, 3.8) is 0 Å². The Morgan fingerprint density at radius 3 is 2.04 bits per heavy atom. The molecule has 2 atom stereocenters. The summed E-state index contributed by atoms with van der Waals surface area (Å²) in [4.78, 5) is 0. The van der Waals surface area contributed by atoms with Crippen LogP contribution in [0.15, 0.2) is 30.3 Å². The minimum absolute atomic E-state index is 0.00929. The highest BCUT2D eigenvalue weighted by Gasteiger charge is 2.44. The van der Waals surface area contributed by atoms with Crippen molar-refractivity contribution in [1.29, 1.82) is 0 Å². The molecule has 1 aromatic carbocycles. The zero-order chi connectivity index (χ0) is 17.3. The van der Waals surface area contributed by atoms with E-state index in [4.69, 9.17) is 5.73 Å². The third kappa shape index (κ3) is 5.08. The summed E-state index contributed by atoms with van der Waals surface area (Å²) in [5.41, 5.74) is 8.21. The lowest BCUT2D eigenvalue weighted by Crippen LogP contribution is -2.59. The number of rotatable bonds is 11. The Kier molecular flexibility index (Phi) is 8.33. The summed E-state index contributed by atoms with van der Waals surface area (Å²) in [5.74, 6) is 0.536. The SMILES string of the molecule is CCCCCCCCC(C)C(N)(CC)C(C)(C)c1ccccc1. The van der Waals surface area contributed by atoms with Gasteiger partial charge < -0.3 is 5.73 Å². The van der Waals surface area contributed by atoms with E-state index in [1.165, 1.54) is 50.5 Å². The highest BCUT2D eigenvalue weighted by Crippen LogP contribution is 2.41. The van der Waals surface area contributed by atoms with Gasteiger partial charge in [-0.05, 0) is 24.3 Å². The lowest BCUT2D eigenvalue weighted by molar-refractivity contribution is 0.154. The van der Waals surface area contributed by atoms with Gasteiger partial charge in [-0.25, -0.2) is 0 Å². The summed E-state index contributed by atoms with van der Waals surface area (Å²) < 4.78 is 0. The Balaban J connectivity index is 2.67. The van der Waals surface area contributed by atoms with Crippen LogP contribution in [0, 0.1) is 5.92 Å². The van der Waals surface area contributed by atoms with Crippen LogP contribution in [-0.4, -0.2) is 5.54 Å². The van der Waals surface area contributed by atoms with Crippen LogP contribution in [-0.2, 0) is 5.41 Å². The fourth-order valence-electron chi connectivity index (χ4n) is 4.02. The summed E-state index contributed by atoms with van der Waals surface area (Å²) in [6.45, 7) is 11.5. The summed E-state index contributed by atoms with van der Waals surface area (Å²) in [5, 5.41) is 0. The average Bonchev–Trinajstić information content (AvgIpc) is 2.57. The van der Waals surface area contributed by atoms with Crippen LogP contribution in [0.5, 0.6) is 0 Å². The van der Waals surface area contributed by atoms with Crippen LogP contribution in [0.2, 0.25) is 0 Å². The lowest BCUT2D eigenvalue weighted by atomic mass is 9.61. The first-order valence-electron chi connectivity index (χ1n) is 9.74. The molecule has 132 valence electrons. The maximum atomic E-state index is 7.01. The smallest absolute Gasteiger partial charge is 0.0270 e. The van der Waals surface area contributed by atoms with Crippen LogP contribution >= 0.6 is 0 Å². The van der Waals surface area contributed by atoms with Gasteiger partial charge in [-0.2, -0.15) is 0 Å². The molecule has 0 aliphatic heterocycles. The summed E-state index contributed by atoms with van der Waals surface area (Å²) in [6, 6.07) is 10.8. The molecule has 1 heteroatoms. The second-order valence-electron chi connectivity index (χ2n) is 7.84. The maximum absolute atomic E-state index is 7.01. The molecule has 1 aromatic rings. The molecule has 1 rings (SSSR count). The van der Waals surface area contributed by atoms with E-state index in [1.807, 2.05) is 0 Å². The van der Waals surface area contributed by atoms with Crippen molar-refractivity contribution in [3.05, 3.63) is 35.9 Å². The van der Waals surface area contributed by atoms with Gasteiger partial charge in [0, 0.05) is 11.0 Å². The fraction of sp³-hybridized carbons (Fsp3) is 0.727. The van der Waals surface area contributed by atoms with Crippen LogP contribution in [0.4, 0.5) is 0 Å². The number of hydrogen-bond donors (Lipinski definition) is 1. The van der Waals surface area contributed by atoms with E-state index in [0.29, 0.717) is 5.92 Å². The first kappa shape index (κ1) is 20.2. The van der Waals surface area contributed by atoms with Crippen molar-refractivity contribution in [2.45, 2.75) is 96.9 Å². The molecule has 2 N–H and O–H groups in total. The monoisotopic (exact) mass is 317 g/mol. The van der Waals surface area contributed by atoms with E-state index in [-0.39, 0.29) is 11.0 Å². The van der Waals surface area contributed by atoms with Gasteiger partial charge in [0.15, 0.2) is 0 Å². The molecule has 0 bridgehead atoms. The lowest BCUT2D eigenvalue weighted by Gasteiger charge is -2.48. The maximum Gasteiger partial charge on any atom is 0.0270 e. The highest BCUT2D eigenvalue weighted by molar-refractivity contribution is 5.29. The molecule has 0 aliphatic rings. The first-order chi connectivity index (χ1) is 10.9. The van der Waals surface area contributed by atoms with Crippen molar-refractivity contribution >= 4 is 0 Å². The third-order valence-corrected chi connectivity index (χ3v) is 6.11. The molecule has 0 fully saturated rings. The molecule has 0 spiro atoms. The molecule has 0 radical (unpaired) electrons. The number of unbranched alkanes of at least 4 members (excludes halogenated alkanes) is 5. The van der Waals surface area contributed by atoms with Crippen LogP contribution < -0.4 is 5.73 Å². The Morgan fingerprint density at radius 2 is 1.48 bits per heavy atom. The van der Waals surface area contributed by atoms with Gasteiger partial charge >= 0.3 is 0 Å². The molecule has 1 nitrogen and oxygen atoms in total. The molecule has 2 unspecified atom stereocenters. The van der Waals surface area contributed by atoms with Gasteiger partial charge in [-0.3, -0.25) is 0 Å². The Morgan fingerprint density at radius 1 is 0.913 bits per heavy atom. The van der Waals surface area contributed by atoms with E-state index in [0.717, 1.165) is 6.42 Å². The van der Waals surface area contributed by atoms with Gasteiger partial charge in [0.1, 0.15) is 0 Å². The van der Waals surface area contributed by atoms with Gasteiger partial charge in [0.25, 0.3) is 0 Å². The number of nitrogens with two attached hydrogens (primary N) is 1. The normalized spacial score (nSPS) is 16.1. The third-order valence-electron chi connectivity index (χ3n) is 6.11. The molecule has 0 aliphatic carbocycles. The van der Waals surface area contributed by atoms with Crippen LogP contribution in [0.3, 0.4) is 0 Å². The quantitative estimate of drug-likeness (QED) is 0.466. The Labute approximate surface area is 145 Å². The summed E-state index contributed by atoms with van der Waals surface area (Å²) >= 11 is 0. The predicted molar refractivity (Wildman–Crippen MR) is 104 cm³/mol. The second kappa shape index (κ2) is 9.47. The van der Waals surface area contributed by atoms with Crippen LogP contribution in [0.25, 0.3) is 0 Å². The van der Waals surface area contributed by atoms with Crippen molar-refractivity contribution in [2.24, 2.45) is 11.7 Å². The molecule has 0 saturated heterocycles. The van der Waals surface area contributed by atoms with E-state index in [1.54, 1.807) is 0 Å². The number of benzene rings is 1. The molecule has 23 heavy (non-hydrogen) atoms. The zero-order valence-corrected chi connectivity index (χ0v) is 16.2. The second-order valence-corrected chi connectivity index (χ2v) is 7.84. The van der Waals surface area contributed by atoms with Gasteiger partial charge in [-0.1, -0.05) is 103 Å². The molecule has 0 aromatic heterocycles. The zero-order valence-electron chi connectivity index (χ0n) is 16.2. The Bertz CT molecular complexity index is 423. The molecular weight excluding hydrogens is 278 g/mol. The van der Waals surface area contributed by atoms with Crippen molar-refractivity contribution < 1.29 is 0 Å². The molecule has 0 heterocycles. The molecule has 0 amide bonds. The average molecular weight is 318 g/mol. The molecular formula is C22H39N. The van der Waals surface area contributed by atoms with E-state index in [2.05, 4.69) is 65.0 Å². The van der Waals surface area contributed by atoms with Gasteiger partial charge in [0.2, 0.25) is 0 Å². The van der Waals surface area contributed by atoms with Crippen molar-refractivity contribution in [1.82, 2.24) is 0 Å². The fourth-order valence-corrected chi connectivity index (χ4v) is 4.02. The summed E-state index contributed by atoms with van der Waals surface area (Å²) in [6.07, 6.45) is 10.4. The van der Waals surface area contributed by atoms with E-state index < -0.39 is 0 Å². The topological polar surface area (TPSA) is 26.0 Å². The minimum Gasteiger partial charge on any atom is -0.324 e. The van der Waals surface area contributed by atoms with E-state index >= 15 is 0 Å². The minimum atomic E-state index is -0.155. The molecule has 0 saturated carbocycles. The highest BCUT2D eigenvalue weighted by atomic mass is 14.8. The van der Waals surface area contributed by atoms with Crippen molar-refractivity contribution in [2.75, 3.05) is 0 Å². The van der Waals surface area contributed by atoms with E-state index in [9.17, 15) is 0 Å².